The number of hydrogen-bond acceptors (Lipinski definition) is 4. The Morgan fingerprint density at radius 3 is 2.83 bits per heavy atom. The highest BCUT2D eigenvalue weighted by atomic mass is 32.2. The van der Waals surface area contributed by atoms with Gasteiger partial charge in [-0.2, -0.15) is 0 Å². The van der Waals surface area contributed by atoms with Crippen molar-refractivity contribution in [3.8, 4) is 0 Å². The fraction of sp³-hybridized carbons (Fsp3) is 0.579. The lowest BCUT2D eigenvalue weighted by Crippen LogP contribution is -2.46. The summed E-state index contributed by atoms with van der Waals surface area (Å²) in [7, 11) is 0. The first-order valence-electron chi connectivity index (χ1n) is 8.10. The molecule has 2 unspecified atom stereocenters. The second-order valence-electron chi connectivity index (χ2n) is 6.93. The van der Waals surface area contributed by atoms with E-state index in [1.165, 1.54) is 23.4 Å². The minimum absolute atomic E-state index is 0.102. The van der Waals surface area contributed by atoms with Crippen LogP contribution in [-0.4, -0.2) is 24.1 Å². The lowest BCUT2D eigenvalue weighted by Gasteiger charge is -2.49. The second-order valence-corrected chi connectivity index (χ2v) is 7.68. The topological polar surface area (TPSA) is 43.4 Å². The van der Waals surface area contributed by atoms with Crippen LogP contribution in [-0.2, 0) is 14.3 Å². The molecular formula is C19H26O3S. The fourth-order valence-electron chi connectivity index (χ4n) is 3.78. The molecule has 0 bridgehead atoms. The summed E-state index contributed by atoms with van der Waals surface area (Å²) in [5.41, 5.74) is 2.02. The van der Waals surface area contributed by atoms with Gasteiger partial charge in [0.05, 0.1) is 0 Å². The lowest BCUT2D eigenvalue weighted by molar-refractivity contribution is -0.150. The van der Waals surface area contributed by atoms with Gasteiger partial charge in [-0.1, -0.05) is 31.6 Å². The quantitative estimate of drug-likeness (QED) is 0.437. The summed E-state index contributed by atoms with van der Waals surface area (Å²) in [6.07, 6.45) is 7.48. The van der Waals surface area contributed by atoms with Crippen molar-refractivity contribution in [3.05, 3.63) is 35.3 Å². The first-order chi connectivity index (χ1) is 10.8. The van der Waals surface area contributed by atoms with Crippen molar-refractivity contribution in [3.63, 3.8) is 0 Å². The van der Waals surface area contributed by atoms with Crippen LogP contribution in [0.5, 0.6) is 0 Å². The minimum atomic E-state index is -0.282. The largest absolute Gasteiger partial charge is 0.459 e. The van der Waals surface area contributed by atoms with Crippen molar-refractivity contribution in [1.82, 2.24) is 0 Å². The molecule has 0 aromatic heterocycles. The Morgan fingerprint density at radius 2 is 2.22 bits per heavy atom. The molecule has 1 saturated carbocycles. The molecule has 0 N–H and O–H groups in total. The van der Waals surface area contributed by atoms with Crippen LogP contribution in [0, 0.1) is 17.3 Å². The maximum Gasteiger partial charge on any atom is 0.331 e. The zero-order chi connectivity index (χ0) is 17.2. The normalized spacial score (nSPS) is 34.0. The molecule has 0 radical (unpaired) electrons. The molecule has 0 aliphatic heterocycles. The molecule has 0 saturated heterocycles. The number of carbonyl (C=O) groups excluding carboxylic acids is 2. The number of carbonyl (C=O) groups is 2. The highest BCUT2D eigenvalue weighted by Crippen LogP contribution is 2.52. The molecule has 0 aromatic rings. The van der Waals surface area contributed by atoms with Crippen LogP contribution in [0.3, 0.4) is 0 Å². The number of fused-ring (bicyclic) bond motifs is 1. The summed E-state index contributed by atoms with van der Waals surface area (Å²) in [5, 5.41) is 1.74. The lowest BCUT2D eigenvalue weighted by atomic mass is 9.57. The Morgan fingerprint density at radius 1 is 1.52 bits per heavy atom. The molecule has 3 nitrogen and oxygen atoms in total. The van der Waals surface area contributed by atoms with Crippen molar-refractivity contribution >= 4 is 23.5 Å². The first kappa shape index (κ1) is 18.1. The van der Waals surface area contributed by atoms with Crippen molar-refractivity contribution in [2.45, 2.75) is 46.1 Å². The van der Waals surface area contributed by atoms with Gasteiger partial charge in [-0.3, -0.25) is 4.79 Å². The van der Waals surface area contributed by atoms with E-state index in [1.54, 1.807) is 5.41 Å². The summed E-state index contributed by atoms with van der Waals surface area (Å²) in [4.78, 5) is 24.2. The van der Waals surface area contributed by atoms with Gasteiger partial charge in [-0.05, 0) is 49.3 Å². The highest BCUT2D eigenvalue weighted by Gasteiger charge is 2.48. The van der Waals surface area contributed by atoms with Gasteiger partial charge >= 0.3 is 5.97 Å². The van der Waals surface area contributed by atoms with E-state index in [9.17, 15) is 9.59 Å². The molecule has 1 fully saturated rings. The molecule has 126 valence electrons. The van der Waals surface area contributed by atoms with Crippen LogP contribution in [0.2, 0.25) is 0 Å². The van der Waals surface area contributed by atoms with Gasteiger partial charge < -0.3 is 4.74 Å². The number of ether oxygens (including phenoxy) is 1. The SMILES string of the molecule is C=C(C)C1C[C@@]2(C)C(=CC1=O)CCC(OC(=O)/C=C\SC)[C@@H]2C. The summed E-state index contributed by atoms with van der Waals surface area (Å²) < 4.78 is 5.67. The van der Waals surface area contributed by atoms with Gasteiger partial charge in [0.25, 0.3) is 0 Å². The molecule has 4 atom stereocenters. The monoisotopic (exact) mass is 334 g/mol. The van der Waals surface area contributed by atoms with Crippen LogP contribution >= 0.6 is 11.8 Å². The van der Waals surface area contributed by atoms with Gasteiger partial charge in [0, 0.05) is 17.9 Å². The van der Waals surface area contributed by atoms with Gasteiger partial charge in [0.15, 0.2) is 5.78 Å². The number of esters is 1. The maximum atomic E-state index is 12.3. The third-order valence-corrected chi connectivity index (χ3v) is 5.89. The minimum Gasteiger partial charge on any atom is -0.459 e. The Kier molecular flexibility index (Phi) is 5.56. The standard InChI is InChI=1S/C19H26O3S/c1-12(2)15-11-19(4)13(3)17(22-18(21)8-9-23-5)7-6-14(19)10-16(15)20/h8-10,13,15,17H,1,6-7,11H2,2-5H3/b9-8-/t13-,15?,17?,19+/m0/s1. The van der Waals surface area contributed by atoms with Crippen LogP contribution < -0.4 is 0 Å². The predicted octanol–water partition coefficient (Wildman–Crippen LogP) is 4.30. The average Bonchev–Trinajstić information content (AvgIpc) is 2.49. The van der Waals surface area contributed by atoms with E-state index in [4.69, 9.17) is 4.74 Å². The Hall–Kier alpha value is -1.29. The average molecular weight is 334 g/mol. The van der Waals surface area contributed by atoms with E-state index in [0.29, 0.717) is 0 Å². The number of rotatable bonds is 4. The molecule has 0 amide bonds. The number of ketones is 1. The summed E-state index contributed by atoms with van der Waals surface area (Å²) in [6, 6.07) is 0. The Labute approximate surface area is 143 Å². The van der Waals surface area contributed by atoms with E-state index in [-0.39, 0.29) is 35.1 Å². The third kappa shape index (κ3) is 3.63. The van der Waals surface area contributed by atoms with Crippen molar-refractivity contribution in [2.75, 3.05) is 6.26 Å². The zero-order valence-electron chi connectivity index (χ0n) is 14.4. The maximum absolute atomic E-state index is 12.3. The second kappa shape index (κ2) is 7.08. The number of thioether (sulfide) groups is 1. The van der Waals surface area contributed by atoms with Crippen molar-refractivity contribution in [2.24, 2.45) is 17.3 Å². The number of allylic oxidation sites excluding steroid dienone is 3. The van der Waals surface area contributed by atoms with Crippen LogP contribution in [0.4, 0.5) is 0 Å². The third-order valence-electron chi connectivity index (χ3n) is 5.49. The Balaban J connectivity index is 2.20. The fourth-order valence-corrected chi connectivity index (χ4v) is 4.02. The van der Waals surface area contributed by atoms with E-state index >= 15 is 0 Å². The molecular weight excluding hydrogens is 308 g/mol. The molecule has 2 rings (SSSR count). The molecule has 0 heterocycles. The Bertz CT molecular complexity index is 575. The van der Waals surface area contributed by atoms with Crippen LogP contribution in [0.1, 0.15) is 40.0 Å². The van der Waals surface area contributed by atoms with Crippen molar-refractivity contribution in [1.29, 1.82) is 0 Å². The zero-order valence-corrected chi connectivity index (χ0v) is 15.2. The van der Waals surface area contributed by atoms with Crippen molar-refractivity contribution < 1.29 is 14.3 Å². The van der Waals surface area contributed by atoms with Crippen LogP contribution in [0.15, 0.2) is 35.3 Å². The van der Waals surface area contributed by atoms with E-state index in [2.05, 4.69) is 20.4 Å². The van der Waals surface area contributed by atoms with Gasteiger partial charge in [-0.25, -0.2) is 4.79 Å². The van der Waals surface area contributed by atoms with Gasteiger partial charge in [0.2, 0.25) is 0 Å². The highest BCUT2D eigenvalue weighted by molar-refractivity contribution is 8.01. The summed E-state index contributed by atoms with van der Waals surface area (Å²) >= 11 is 1.48. The molecule has 2 aliphatic rings. The van der Waals surface area contributed by atoms with E-state index < -0.39 is 0 Å². The van der Waals surface area contributed by atoms with Crippen LogP contribution in [0.25, 0.3) is 0 Å². The molecule has 2 aliphatic carbocycles. The van der Waals surface area contributed by atoms with Gasteiger partial charge in [-0.15, -0.1) is 11.8 Å². The summed E-state index contributed by atoms with van der Waals surface area (Å²) in [6.45, 7) is 10.2. The molecule has 0 spiro atoms. The smallest absolute Gasteiger partial charge is 0.331 e. The summed E-state index contributed by atoms with van der Waals surface area (Å²) in [5.74, 6) is -0.0350. The number of hydrogen-bond donors (Lipinski definition) is 0. The molecule has 23 heavy (non-hydrogen) atoms. The molecule has 4 heteroatoms. The first-order valence-corrected chi connectivity index (χ1v) is 9.38. The van der Waals surface area contributed by atoms with E-state index in [0.717, 1.165) is 24.8 Å². The molecule has 0 aromatic carbocycles. The van der Waals surface area contributed by atoms with E-state index in [1.807, 2.05) is 19.3 Å². The van der Waals surface area contributed by atoms with Gasteiger partial charge in [0.1, 0.15) is 6.10 Å². The predicted molar refractivity (Wildman–Crippen MR) is 95.1 cm³/mol.